The van der Waals surface area contributed by atoms with Crippen LogP contribution < -0.4 is 39.4 Å². The van der Waals surface area contributed by atoms with Crippen LogP contribution in [0.1, 0.15) is 152 Å². The summed E-state index contributed by atoms with van der Waals surface area (Å²) < 4.78 is 16.8. The molecular formula is C41H66ClLiN2O6. The van der Waals surface area contributed by atoms with Crippen LogP contribution in [-0.2, 0) is 4.74 Å². The quantitative estimate of drug-likeness (QED) is 0.107. The van der Waals surface area contributed by atoms with Crippen LogP contribution in [-0.4, -0.2) is 54.2 Å². The van der Waals surface area contributed by atoms with E-state index in [0.29, 0.717) is 18.4 Å². The molecule has 2 aromatic rings. The van der Waals surface area contributed by atoms with Gasteiger partial charge in [0, 0.05) is 5.54 Å². The molecule has 5 rings (SSSR count). The fraction of sp³-hybridized carbons (Fsp3) is 0.683. The number of ether oxygens (including phenoxy) is 3. The van der Waals surface area contributed by atoms with Gasteiger partial charge in [-0.2, -0.15) is 0 Å². The minimum Gasteiger partial charge on any atom is -0.870 e. The summed E-state index contributed by atoms with van der Waals surface area (Å²) in [5, 5.41) is 12.4. The number of carbonyl (C=O) groups is 1. The molecule has 0 bridgehead atoms. The van der Waals surface area contributed by atoms with Gasteiger partial charge in [0.05, 0.1) is 25.4 Å². The van der Waals surface area contributed by atoms with Gasteiger partial charge in [-0.05, 0) is 98.6 Å². The second-order valence-corrected chi connectivity index (χ2v) is 14.8. The maximum absolute atomic E-state index is 11.3. The van der Waals surface area contributed by atoms with Crippen LogP contribution in [0.4, 0.5) is 4.79 Å². The van der Waals surface area contributed by atoms with Gasteiger partial charge >= 0.3 is 25.0 Å². The Kier molecular flexibility index (Phi) is 23.2. The zero-order valence-corrected chi connectivity index (χ0v) is 32.7. The molecule has 4 atom stereocenters. The molecule has 51 heavy (non-hydrogen) atoms. The third-order valence-corrected chi connectivity index (χ3v) is 10.7. The number of carbonyl (C=O) groups excluding carboxylic acids is 1. The molecule has 2 aliphatic carbocycles. The third-order valence-electron chi connectivity index (χ3n) is 10.7. The smallest absolute Gasteiger partial charge is 0.870 e. The summed E-state index contributed by atoms with van der Waals surface area (Å²) in [5.41, 5.74) is 8.31. The first-order valence-corrected chi connectivity index (χ1v) is 19.2. The van der Waals surface area contributed by atoms with Crippen molar-refractivity contribution in [2.45, 2.75) is 152 Å². The number of aliphatic hydroxyl groups is 1. The van der Waals surface area contributed by atoms with E-state index in [0.717, 1.165) is 76.1 Å². The van der Waals surface area contributed by atoms with Gasteiger partial charge in [-0.15, -0.1) is 12.4 Å². The molecule has 8 nitrogen and oxygen atoms in total. The van der Waals surface area contributed by atoms with Crippen LogP contribution in [0, 0.1) is 0 Å². The molecule has 1 amide bonds. The normalized spacial score (nSPS) is 23.2. The van der Waals surface area contributed by atoms with E-state index < -0.39 is 0 Å². The molecule has 0 aromatic heterocycles. The minimum atomic E-state index is -0.377. The molecule has 284 valence electrons. The predicted molar refractivity (Wildman–Crippen MR) is 204 cm³/mol. The van der Waals surface area contributed by atoms with Gasteiger partial charge < -0.3 is 35.8 Å². The molecule has 1 saturated heterocycles. The van der Waals surface area contributed by atoms with E-state index in [1.165, 1.54) is 75.3 Å². The Hall–Kier alpha value is -1.92. The average Bonchev–Trinajstić information content (AvgIpc) is 3.83. The Morgan fingerprint density at radius 3 is 1.63 bits per heavy atom. The Labute approximate surface area is 326 Å². The van der Waals surface area contributed by atoms with E-state index in [1.807, 2.05) is 0 Å². The van der Waals surface area contributed by atoms with Crippen molar-refractivity contribution >= 4 is 18.5 Å². The molecule has 1 heterocycles. The van der Waals surface area contributed by atoms with E-state index >= 15 is 0 Å². The van der Waals surface area contributed by atoms with Gasteiger partial charge in [-0.1, -0.05) is 102 Å². The van der Waals surface area contributed by atoms with Gasteiger partial charge in [0.2, 0.25) is 0 Å². The van der Waals surface area contributed by atoms with Crippen LogP contribution in [0.15, 0.2) is 48.5 Å². The summed E-state index contributed by atoms with van der Waals surface area (Å²) in [6.45, 7) is 6.71. The maximum atomic E-state index is 11.3. The van der Waals surface area contributed by atoms with Gasteiger partial charge in [-0.3, -0.25) is 0 Å². The number of halogens is 1. The van der Waals surface area contributed by atoms with Crippen molar-refractivity contribution in [1.29, 1.82) is 0 Å². The number of amides is 1. The van der Waals surface area contributed by atoms with Crippen LogP contribution in [0.25, 0.3) is 0 Å². The predicted octanol–water partition coefficient (Wildman–Crippen LogP) is 6.80. The van der Waals surface area contributed by atoms with Crippen molar-refractivity contribution in [1.82, 2.24) is 5.32 Å². The Bertz CT molecular complexity index is 1210. The second-order valence-electron chi connectivity index (χ2n) is 14.8. The molecular weight excluding hydrogens is 659 g/mol. The molecule has 0 radical (unpaired) electrons. The molecule has 0 unspecified atom stereocenters. The number of benzene rings is 2. The number of rotatable bonds is 19. The molecule has 5 N–H and O–H groups in total. The van der Waals surface area contributed by atoms with Crippen LogP contribution in [0.3, 0.4) is 0 Å². The number of nitrogens with one attached hydrogen (secondary N) is 1. The summed E-state index contributed by atoms with van der Waals surface area (Å²) in [7, 11) is 0. The standard InChI is InChI=1S/C21H31NO3.C20H33NO2.ClH.Li.H2O/c1-2-3-4-5-6-7-14-24-19-10-8-17(9-11-19)18-12-13-21(15-18)16-25-20(23)22-21;1-2-3-4-5-6-7-14-23-19-10-8-17(9-11-19)18-12-13-20(21,15-18)16-22;;;/h8-11,18H,2-7,12-16H2,1H3,(H,22,23);8-11,18,22H,2-7,12-16,21H2,1H3;1H;;1H2/q;;;+1;/p-1/t18-,21-;18-,20-;;;/m11.../s1. The first-order valence-electron chi connectivity index (χ1n) is 19.2. The number of nitrogens with two attached hydrogens (primary N) is 1. The van der Waals surface area contributed by atoms with Crippen molar-refractivity contribution in [2.24, 2.45) is 5.73 Å². The van der Waals surface area contributed by atoms with Gasteiger partial charge in [0.25, 0.3) is 0 Å². The number of cyclic esters (lactones) is 1. The van der Waals surface area contributed by atoms with Gasteiger partial charge in [0.15, 0.2) is 0 Å². The number of hydrogen-bond acceptors (Lipinski definition) is 7. The summed E-state index contributed by atoms with van der Waals surface area (Å²) in [4.78, 5) is 11.3. The largest absolute Gasteiger partial charge is 1.00 e. The van der Waals surface area contributed by atoms with Gasteiger partial charge in [-0.25, -0.2) is 4.79 Å². The van der Waals surface area contributed by atoms with E-state index in [2.05, 4.69) is 67.7 Å². The number of aliphatic hydroxyl groups excluding tert-OH is 1. The Morgan fingerprint density at radius 1 is 0.745 bits per heavy atom. The van der Waals surface area contributed by atoms with Crippen molar-refractivity contribution in [3.63, 3.8) is 0 Å². The SMILES string of the molecule is CCCCCCCCOc1ccc([C@@H]2CC[C@](N)(CO)C2)cc1.CCCCCCCCOc1ccc([C@@H]2CC[C@]3(COC(=O)N3)C2)cc1.Cl.[Li+].[OH-]. The Balaban J connectivity index is 0.000000483. The van der Waals surface area contributed by atoms with Crippen LogP contribution in [0.2, 0.25) is 0 Å². The zero-order chi connectivity index (χ0) is 34.1. The molecule has 2 saturated carbocycles. The van der Waals surface area contributed by atoms with Crippen molar-refractivity contribution in [3.05, 3.63) is 59.7 Å². The molecule has 10 heteroatoms. The zero-order valence-electron chi connectivity index (χ0n) is 31.8. The number of alkyl carbamates (subject to hydrolysis) is 1. The fourth-order valence-electron chi connectivity index (χ4n) is 7.55. The summed E-state index contributed by atoms with van der Waals surface area (Å²) in [5.74, 6) is 2.89. The number of hydrogen-bond donors (Lipinski definition) is 3. The summed E-state index contributed by atoms with van der Waals surface area (Å²) in [6, 6.07) is 17.0. The van der Waals surface area contributed by atoms with Crippen molar-refractivity contribution in [2.75, 3.05) is 26.4 Å². The molecule has 1 aliphatic heterocycles. The van der Waals surface area contributed by atoms with E-state index in [-0.39, 0.29) is 60.5 Å². The van der Waals surface area contributed by atoms with Crippen molar-refractivity contribution in [3.8, 4) is 11.5 Å². The topological polar surface area (TPSA) is 133 Å². The van der Waals surface area contributed by atoms with Crippen LogP contribution in [0.5, 0.6) is 11.5 Å². The van der Waals surface area contributed by atoms with Crippen molar-refractivity contribution < 1.29 is 48.4 Å². The first-order chi connectivity index (χ1) is 23.4. The second kappa shape index (κ2) is 25.2. The summed E-state index contributed by atoms with van der Waals surface area (Å²) >= 11 is 0. The monoisotopic (exact) mass is 724 g/mol. The van der Waals surface area contributed by atoms with E-state index in [1.54, 1.807) is 0 Å². The number of unbranched alkanes of at least 4 members (excludes halogenated alkanes) is 10. The van der Waals surface area contributed by atoms with Gasteiger partial charge in [0.1, 0.15) is 18.1 Å². The fourth-order valence-corrected chi connectivity index (χ4v) is 7.55. The molecule has 2 aromatic carbocycles. The summed E-state index contributed by atoms with van der Waals surface area (Å²) in [6.07, 6.45) is 21.1. The Morgan fingerprint density at radius 2 is 1.20 bits per heavy atom. The maximum Gasteiger partial charge on any atom is 1.00 e. The first kappa shape index (κ1) is 47.1. The van der Waals surface area contributed by atoms with Crippen LogP contribution >= 0.6 is 12.4 Å². The minimum absolute atomic E-state index is 0. The third kappa shape index (κ3) is 15.9. The molecule has 3 aliphatic rings. The van der Waals surface area contributed by atoms with E-state index in [4.69, 9.17) is 19.9 Å². The molecule has 3 fully saturated rings. The average molecular weight is 725 g/mol. The van der Waals surface area contributed by atoms with E-state index in [9.17, 15) is 9.90 Å². The molecule has 1 spiro atoms.